The second-order valence-corrected chi connectivity index (χ2v) is 7.09. The van der Waals surface area contributed by atoms with Crippen LogP contribution in [0.5, 0.6) is 0 Å². The standard InChI is InChI=1S/C17H22O3/c1-11-17(10-13(17)12-8-6-5-7-9-12)14(18)20-15(19-11)16(2,3)4/h5-9,11,13,15H,10H2,1-4H3/t11-,13+,15-,17+/m1/s1. The Labute approximate surface area is 120 Å². The first-order chi connectivity index (χ1) is 9.35. The molecule has 0 amide bonds. The molecular formula is C17H22O3. The molecule has 1 saturated carbocycles. The van der Waals surface area contributed by atoms with Crippen molar-refractivity contribution in [2.75, 3.05) is 0 Å². The molecule has 108 valence electrons. The fraction of sp³-hybridized carbons (Fsp3) is 0.588. The van der Waals surface area contributed by atoms with E-state index in [-0.39, 0.29) is 23.4 Å². The van der Waals surface area contributed by atoms with Gasteiger partial charge in [-0.25, -0.2) is 0 Å². The van der Waals surface area contributed by atoms with Crippen LogP contribution in [0.15, 0.2) is 30.3 Å². The van der Waals surface area contributed by atoms with Gasteiger partial charge in [0.2, 0.25) is 6.29 Å². The predicted molar refractivity (Wildman–Crippen MR) is 76.1 cm³/mol. The number of cyclic esters (lactones) is 1. The van der Waals surface area contributed by atoms with E-state index in [1.165, 1.54) is 5.56 Å². The minimum atomic E-state index is -0.469. The van der Waals surface area contributed by atoms with Crippen LogP contribution in [0, 0.1) is 10.8 Å². The van der Waals surface area contributed by atoms with Gasteiger partial charge in [-0.15, -0.1) is 0 Å². The van der Waals surface area contributed by atoms with Crippen LogP contribution < -0.4 is 0 Å². The van der Waals surface area contributed by atoms with E-state index in [0.717, 1.165) is 6.42 Å². The van der Waals surface area contributed by atoms with Gasteiger partial charge in [-0.05, 0) is 18.9 Å². The van der Waals surface area contributed by atoms with Crippen molar-refractivity contribution in [3.63, 3.8) is 0 Å². The predicted octanol–water partition coefficient (Wildman–Crippen LogP) is 3.49. The summed E-state index contributed by atoms with van der Waals surface area (Å²) in [6, 6.07) is 10.2. The van der Waals surface area contributed by atoms with E-state index in [4.69, 9.17) is 9.47 Å². The molecule has 2 fully saturated rings. The van der Waals surface area contributed by atoms with E-state index in [2.05, 4.69) is 12.1 Å². The number of esters is 1. The number of carbonyl (C=O) groups is 1. The number of benzene rings is 1. The van der Waals surface area contributed by atoms with Crippen molar-refractivity contribution in [3.05, 3.63) is 35.9 Å². The third-order valence-electron chi connectivity index (χ3n) is 4.56. The van der Waals surface area contributed by atoms with Gasteiger partial charge in [0.15, 0.2) is 0 Å². The zero-order valence-corrected chi connectivity index (χ0v) is 12.6. The van der Waals surface area contributed by atoms with Crippen LogP contribution in [0.1, 0.15) is 45.6 Å². The van der Waals surface area contributed by atoms with Crippen molar-refractivity contribution >= 4 is 5.97 Å². The molecule has 1 aliphatic heterocycles. The number of hydrogen-bond acceptors (Lipinski definition) is 3. The highest BCUT2D eigenvalue weighted by Gasteiger charge is 2.68. The largest absolute Gasteiger partial charge is 0.435 e. The Balaban J connectivity index is 1.82. The maximum Gasteiger partial charge on any atom is 0.317 e. The van der Waals surface area contributed by atoms with Crippen LogP contribution in [0.2, 0.25) is 0 Å². The topological polar surface area (TPSA) is 35.5 Å². The zero-order chi connectivity index (χ0) is 14.5. The molecule has 0 aromatic heterocycles. The van der Waals surface area contributed by atoms with Crippen LogP contribution in [0.3, 0.4) is 0 Å². The molecule has 0 radical (unpaired) electrons. The number of rotatable bonds is 1. The highest BCUT2D eigenvalue weighted by atomic mass is 16.7. The van der Waals surface area contributed by atoms with E-state index in [1.54, 1.807) is 0 Å². The lowest BCUT2D eigenvalue weighted by Crippen LogP contribution is -2.49. The molecule has 3 rings (SSSR count). The minimum Gasteiger partial charge on any atom is -0.435 e. The first-order valence-electron chi connectivity index (χ1n) is 7.27. The quantitative estimate of drug-likeness (QED) is 0.735. The summed E-state index contributed by atoms with van der Waals surface area (Å²) in [5.74, 6) is 0.136. The summed E-state index contributed by atoms with van der Waals surface area (Å²) in [6.07, 6.45) is 0.277. The highest BCUT2D eigenvalue weighted by molar-refractivity contribution is 5.84. The lowest BCUT2D eigenvalue weighted by atomic mass is 9.90. The Morgan fingerprint density at radius 1 is 1.20 bits per heavy atom. The van der Waals surface area contributed by atoms with Gasteiger partial charge in [-0.2, -0.15) is 0 Å². The van der Waals surface area contributed by atoms with Gasteiger partial charge < -0.3 is 9.47 Å². The van der Waals surface area contributed by atoms with E-state index >= 15 is 0 Å². The fourth-order valence-corrected chi connectivity index (χ4v) is 3.14. The SMILES string of the molecule is C[C@H]1O[C@@H](C(C)(C)C)OC(=O)[C@@]12C[C@H]2c1ccccc1. The average Bonchev–Trinajstić information content (AvgIpc) is 3.13. The van der Waals surface area contributed by atoms with Gasteiger partial charge >= 0.3 is 5.97 Å². The summed E-state index contributed by atoms with van der Waals surface area (Å²) in [5.41, 5.74) is 0.542. The minimum absolute atomic E-state index is 0.0926. The summed E-state index contributed by atoms with van der Waals surface area (Å²) in [5, 5.41) is 0. The number of hydrogen-bond donors (Lipinski definition) is 0. The maximum atomic E-state index is 12.5. The molecule has 3 nitrogen and oxygen atoms in total. The molecule has 3 heteroatoms. The summed E-state index contributed by atoms with van der Waals surface area (Å²) < 4.78 is 11.6. The van der Waals surface area contributed by atoms with Crippen LogP contribution >= 0.6 is 0 Å². The van der Waals surface area contributed by atoms with Gasteiger partial charge in [0.1, 0.15) is 5.41 Å². The average molecular weight is 274 g/mol. The van der Waals surface area contributed by atoms with Gasteiger partial charge in [0.25, 0.3) is 0 Å². The molecule has 1 spiro atoms. The molecule has 1 aromatic rings. The molecule has 0 unspecified atom stereocenters. The molecule has 4 atom stereocenters. The van der Waals surface area contributed by atoms with Crippen molar-refractivity contribution in [1.82, 2.24) is 0 Å². The van der Waals surface area contributed by atoms with Gasteiger partial charge in [0.05, 0.1) is 6.10 Å². The highest BCUT2D eigenvalue weighted by Crippen LogP contribution is 2.64. The molecule has 2 aliphatic rings. The van der Waals surface area contributed by atoms with Gasteiger partial charge in [0, 0.05) is 11.3 Å². The molecule has 1 aromatic carbocycles. The van der Waals surface area contributed by atoms with E-state index < -0.39 is 11.7 Å². The number of ether oxygens (including phenoxy) is 2. The van der Waals surface area contributed by atoms with Crippen molar-refractivity contribution in [1.29, 1.82) is 0 Å². The Morgan fingerprint density at radius 3 is 2.40 bits per heavy atom. The van der Waals surface area contributed by atoms with Crippen LogP contribution in [-0.2, 0) is 14.3 Å². The number of carbonyl (C=O) groups excluding carboxylic acids is 1. The first-order valence-corrected chi connectivity index (χ1v) is 7.27. The first kappa shape index (κ1) is 13.6. The third kappa shape index (κ3) is 1.96. The van der Waals surface area contributed by atoms with Crippen molar-refractivity contribution in [3.8, 4) is 0 Å². The van der Waals surface area contributed by atoms with Crippen molar-refractivity contribution in [2.45, 2.75) is 52.4 Å². The Hall–Kier alpha value is -1.35. The van der Waals surface area contributed by atoms with Gasteiger partial charge in [-0.1, -0.05) is 51.1 Å². The summed E-state index contributed by atoms with van der Waals surface area (Å²) in [4.78, 5) is 12.5. The third-order valence-corrected chi connectivity index (χ3v) is 4.56. The Morgan fingerprint density at radius 2 is 1.85 bits per heavy atom. The van der Waals surface area contributed by atoms with E-state index in [9.17, 15) is 4.79 Å². The van der Waals surface area contributed by atoms with Crippen LogP contribution in [-0.4, -0.2) is 18.4 Å². The lowest BCUT2D eigenvalue weighted by molar-refractivity contribution is -0.259. The van der Waals surface area contributed by atoms with Gasteiger partial charge in [-0.3, -0.25) is 4.79 Å². The molecule has 1 saturated heterocycles. The second kappa shape index (κ2) is 4.32. The molecule has 20 heavy (non-hydrogen) atoms. The zero-order valence-electron chi connectivity index (χ0n) is 12.6. The molecule has 1 heterocycles. The van der Waals surface area contributed by atoms with Crippen LogP contribution in [0.4, 0.5) is 0 Å². The van der Waals surface area contributed by atoms with Crippen molar-refractivity contribution in [2.24, 2.45) is 10.8 Å². The summed E-state index contributed by atoms with van der Waals surface area (Å²) >= 11 is 0. The van der Waals surface area contributed by atoms with Crippen LogP contribution in [0.25, 0.3) is 0 Å². The summed E-state index contributed by atoms with van der Waals surface area (Å²) in [7, 11) is 0. The Kier molecular flexibility index (Phi) is 2.94. The molecule has 0 bridgehead atoms. The fourth-order valence-electron chi connectivity index (χ4n) is 3.14. The normalized spacial score (nSPS) is 36.8. The van der Waals surface area contributed by atoms with E-state index in [0.29, 0.717) is 0 Å². The molecule has 1 aliphatic carbocycles. The lowest BCUT2D eigenvalue weighted by Gasteiger charge is -2.40. The smallest absolute Gasteiger partial charge is 0.317 e. The van der Waals surface area contributed by atoms with E-state index in [1.807, 2.05) is 45.9 Å². The van der Waals surface area contributed by atoms with Crippen molar-refractivity contribution < 1.29 is 14.3 Å². The maximum absolute atomic E-state index is 12.5. The second-order valence-electron chi connectivity index (χ2n) is 7.09. The summed E-state index contributed by atoms with van der Waals surface area (Å²) in [6.45, 7) is 8.08. The molecular weight excluding hydrogens is 252 g/mol. The monoisotopic (exact) mass is 274 g/mol. The Bertz CT molecular complexity index is 517. The molecule has 0 N–H and O–H groups in total.